The minimum absolute atomic E-state index is 0.0724. The van der Waals surface area contributed by atoms with Crippen molar-refractivity contribution in [3.63, 3.8) is 0 Å². The summed E-state index contributed by atoms with van der Waals surface area (Å²) in [5, 5.41) is 8.93. The second kappa shape index (κ2) is 4.07. The first kappa shape index (κ1) is 9.00. The predicted molar refractivity (Wildman–Crippen MR) is 46.1 cm³/mol. The summed E-state index contributed by atoms with van der Waals surface area (Å²) in [5.74, 6) is 0.672. The van der Waals surface area contributed by atoms with Crippen LogP contribution in [0.2, 0.25) is 0 Å². The lowest BCUT2D eigenvalue weighted by Gasteiger charge is -2.07. The topological polar surface area (TPSA) is 42.4 Å². The third-order valence-corrected chi connectivity index (χ3v) is 1.52. The van der Waals surface area contributed by atoms with E-state index in [0.29, 0.717) is 18.1 Å². The van der Waals surface area contributed by atoms with E-state index in [2.05, 4.69) is 4.98 Å². The van der Waals surface area contributed by atoms with Crippen LogP contribution in [0.1, 0.15) is 18.3 Å². The van der Waals surface area contributed by atoms with Crippen LogP contribution in [0.3, 0.4) is 0 Å². The van der Waals surface area contributed by atoms with Crippen molar-refractivity contribution in [3.8, 4) is 5.75 Å². The summed E-state index contributed by atoms with van der Waals surface area (Å²) in [6, 6.07) is 3.70. The van der Waals surface area contributed by atoms with Crippen molar-refractivity contribution < 1.29 is 9.84 Å². The number of rotatable bonds is 3. The summed E-state index contributed by atoms with van der Waals surface area (Å²) in [5.41, 5.74) is 1.50. The van der Waals surface area contributed by atoms with E-state index in [1.807, 2.05) is 26.0 Å². The quantitative estimate of drug-likeness (QED) is 0.737. The molecule has 0 saturated heterocycles. The summed E-state index contributed by atoms with van der Waals surface area (Å²) in [4.78, 5) is 4.14. The zero-order valence-electron chi connectivity index (χ0n) is 7.37. The Morgan fingerprint density at radius 3 is 2.83 bits per heavy atom. The van der Waals surface area contributed by atoms with E-state index in [4.69, 9.17) is 9.84 Å². The number of aromatic nitrogens is 1. The highest BCUT2D eigenvalue weighted by atomic mass is 16.5. The fraction of sp³-hybridized carbons (Fsp3) is 0.444. The van der Waals surface area contributed by atoms with Crippen molar-refractivity contribution in [2.75, 3.05) is 6.61 Å². The van der Waals surface area contributed by atoms with Crippen LogP contribution in [0.5, 0.6) is 5.75 Å². The first-order valence-corrected chi connectivity index (χ1v) is 3.98. The Hall–Kier alpha value is -1.09. The molecule has 0 radical (unpaired) electrons. The molecule has 1 aromatic rings. The van der Waals surface area contributed by atoms with Gasteiger partial charge in [0.2, 0.25) is 0 Å². The Bertz CT molecular complexity index is 261. The van der Waals surface area contributed by atoms with Crippen LogP contribution >= 0.6 is 0 Å². The van der Waals surface area contributed by atoms with Crippen LogP contribution in [-0.2, 0) is 6.61 Å². The van der Waals surface area contributed by atoms with Gasteiger partial charge in [0.1, 0.15) is 11.4 Å². The number of hydrogen-bond donors (Lipinski definition) is 1. The lowest BCUT2D eigenvalue weighted by atomic mass is 10.3. The predicted octanol–water partition coefficient (Wildman–Crippen LogP) is 1.28. The number of hydrogen-bond acceptors (Lipinski definition) is 3. The highest BCUT2D eigenvalue weighted by molar-refractivity contribution is 5.28. The normalized spacial score (nSPS) is 9.92. The maximum absolute atomic E-state index is 8.93. The van der Waals surface area contributed by atoms with Gasteiger partial charge in [-0.25, -0.2) is 0 Å². The molecule has 0 fully saturated rings. The molecular weight excluding hydrogens is 154 g/mol. The maximum atomic E-state index is 8.93. The molecule has 0 atom stereocenters. The van der Waals surface area contributed by atoms with Crippen molar-refractivity contribution in [3.05, 3.63) is 23.5 Å². The molecule has 12 heavy (non-hydrogen) atoms. The van der Waals surface area contributed by atoms with Crippen molar-refractivity contribution in [2.45, 2.75) is 20.5 Å². The monoisotopic (exact) mass is 167 g/mol. The minimum atomic E-state index is -0.0724. The van der Waals surface area contributed by atoms with E-state index in [1.165, 1.54) is 0 Å². The molecule has 1 N–H and O–H groups in total. The van der Waals surface area contributed by atoms with Crippen molar-refractivity contribution in [1.82, 2.24) is 4.98 Å². The van der Waals surface area contributed by atoms with Gasteiger partial charge >= 0.3 is 0 Å². The zero-order chi connectivity index (χ0) is 8.97. The molecule has 0 spiro atoms. The molecule has 0 amide bonds. The number of aliphatic hydroxyl groups excluding tert-OH is 1. The van der Waals surface area contributed by atoms with Gasteiger partial charge in [0.25, 0.3) is 0 Å². The van der Waals surface area contributed by atoms with Gasteiger partial charge in [-0.3, -0.25) is 4.98 Å². The fourth-order valence-electron chi connectivity index (χ4n) is 0.998. The third kappa shape index (κ3) is 1.95. The van der Waals surface area contributed by atoms with Gasteiger partial charge in [-0.2, -0.15) is 0 Å². The van der Waals surface area contributed by atoms with Crippen molar-refractivity contribution in [1.29, 1.82) is 0 Å². The van der Waals surface area contributed by atoms with E-state index in [9.17, 15) is 0 Å². The van der Waals surface area contributed by atoms with Crippen LogP contribution in [0.15, 0.2) is 12.1 Å². The summed E-state index contributed by atoms with van der Waals surface area (Å²) < 4.78 is 5.26. The Morgan fingerprint density at radius 2 is 2.25 bits per heavy atom. The Morgan fingerprint density at radius 1 is 1.50 bits per heavy atom. The van der Waals surface area contributed by atoms with Crippen molar-refractivity contribution >= 4 is 0 Å². The average molecular weight is 167 g/mol. The lowest BCUT2D eigenvalue weighted by molar-refractivity contribution is 0.261. The van der Waals surface area contributed by atoms with Crippen LogP contribution in [0, 0.1) is 6.92 Å². The number of aliphatic hydroxyl groups is 1. The molecular formula is C9H13NO2. The molecule has 0 bridgehead atoms. The van der Waals surface area contributed by atoms with Gasteiger partial charge < -0.3 is 9.84 Å². The van der Waals surface area contributed by atoms with Gasteiger partial charge in [-0.15, -0.1) is 0 Å². The first-order valence-electron chi connectivity index (χ1n) is 3.98. The summed E-state index contributed by atoms with van der Waals surface area (Å²) in [7, 11) is 0. The molecule has 3 nitrogen and oxygen atoms in total. The highest BCUT2D eigenvalue weighted by Crippen LogP contribution is 2.16. The smallest absolute Gasteiger partial charge is 0.143 e. The molecule has 1 aromatic heterocycles. The maximum Gasteiger partial charge on any atom is 0.143 e. The number of pyridine rings is 1. The molecule has 0 unspecified atom stereocenters. The summed E-state index contributed by atoms with van der Waals surface area (Å²) >= 11 is 0. The zero-order valence-corrected chi connectivity index (χ0v) is 7.37. The largest absolute Gasteiger partial charge is 0.492 e. The highest BCUT2D eigenvalue weighted by Gasteiger charge is 2.02. The van der Waals surface area contributed by atoms with Gasteiger partial charge in [0.15, 0.2) is 0 Å². The lowest BCUT2D eigenvalue weighted by Crippen LogP contribution is -1.99. The van der Waals surface area contributed by atoms with Gasteiger partial charge in [-0.1, -0.05) is 0 Å². The molecule has 1 rings (SSSR count). The first-order chi connectivity index (χ1) is 5.77. The molecule has 66 valence electrons. The van der Waals surface area contributed by atoms with Crippen LogP contribution in [-0.4, -0.2) is 16.7 Å². The molecule has 0 aliphatic carbocycles. The SMILES string of the molecule is CCOc1ccc(C)nc1CO. The Labute approximate surface area is 72.0 Å². The molecule has 0 aromatic carbocycles. The van der Waals surface area contributed by atoms with Gasteiger partial charge in [0.05, 0.1) is 13.2 Å². The molecule has 0 aliphatic heterocycles. The third-order valence-electron chi connectivity index (χ3n) is 1.52. The molecule has 1 heterocycles. The number of aryl methyl sites for hydroxylation is 1. The summed E-state index contributed by atoms with van der Waals surface area (Å²) in [6.45, 7) is 4.31. The standard InChI is InChI=1S/C9H13NO2/c1-3-12-9-5-4-7(2)10-8(9)6-11/h4-5,11H,3,6H2,1-2H3. The van der Waals surface area contributed by atoms with Gasteiger partial charge in [-0.05, 0) is 26.0 Å². The van der Waals surface area contributed by atoms with E-state index in [-0.39, 0.29) is 6.61 Å². The van der Waals surface area contributed by atoms with E-state index < -0.39 is 0 Å². The second-order valence-corrected chi connectivity index (χ2v) is 2.49. The van der Waals surface area contributed by atoms with E-state index >= 15 is 0 Å². The molecule has 0 aliphatic rings. The minimum Gasteiger partial charge on any atom is -0.492 e. The number of nitrogens with zero attached hydrogens (tertiary/aromatic N) is 1. The fourth-order valence-corrected chi connectivity index (χ4v) is 0.998. The Balaban J connectivity index is 2.94. The average Bonchev–Trinajstić information content (AvgIpc) is 2.08. The van der Waals surface area contributed by atoms with Crippen LogP contribution < -0.4 is 4.74 Å². The number of ether oxygens (including phenoxy) is 1. The van der Waals surface area contributed by atoms with Crippen molar-refractivity contribution in [2.24, 2.45) is 0 Å². The van der Waals surface area contributed by atoms with E-state index in [1.54, 1.807) is 0 Å². The van der Waals surface area contributed by atoms with Gasteiger partial charge in [0, 0.05) is 5.69 Å². The van der Waals surface area contributed by atoms with Crippen LogP contribution in [0.4, 0.5) is 0 Å². The Kier molecular flexibility index (Phi) is 3.05. The van der Waals surface area contributed by atoms with E-state index in [0.717, 1.165) is 5.69 Å². The molecule has 3 heteroatoms. The second-order valence-electron chi connectivity index (χ2n) is 2.49. The summed E-state index contributed by atoms with van der Waals surface area (Å²) in [6.07, 6.45) is 0. The molecule has 0 saturated carbocycles. The van der Waals surface area contributed by atoms with Crippen LogP contribution in [0.25, 0.3) is 0 Å².